The van der Waals surface area contributed by atoms with E-state index in [4.69, 9.17) is 14.5 Å². The molecule has 11 nitrogen and oxygen atoms in total. The minimum atomic E-state index is -1.47. The molecule has 1 saturated heterocycles. The molecule has 4 bridgehead atoms. The fourth-order valence-corrected chi connectivity index (χ4v) is 6.53. The van der Waals surface area contributed by atoms with Gasteiger partial charge < -0.3 is 30.1 Å². The number of unbranched alkanes of at least 4 members (excludes halogenated alkanes) is 1. The van der Waals surface area contributed by atoms with E-state index in [0.717, 1.165) is 22.9 Å². The average Bonchev–Trinajstić information content (AvgIpc) is 3.65. The van der Waals surface area contributed by atoms with Crippen LogP contribution in [0.4, 0.5) is 4.79 Å². The second-order valence-electron chi connectivity index (χ2n) is 12.6. The zero-order chi connectivity index (χ0) is 33.8. The largest absolute Gasteiger partial charge is 0.488 e. The van der Waals surface area contributed by atoms with Gasteiger partial charge in [0, 0.05) is 29.4 Å². The Balaban J connectivity index is 1.40. The predicted octanol–water partition coefficient (Wildman–Crippen LogP) is 5.10. The standard InChI is InChI=1S/C37H40N4O7/c1-3-5-14-29-34(43)41-22-26(19-31(41)33(42)40-37(35(44)45)21-25(37)4-2)48-32-20-30(24-12-7-6-8-13-24)38-28-16-15-23(18-27(28)32)11-9-10-17-47-36(46)39-29/h4,6-9,11-13,15-16,18,20,25-26,29,31H,2-3,5,10,14,17,19,21-22H2,1H3,(H,39,46)(H,40,42)(H,44,45)/b11-9+/t25-,26-,29+,31+,37-/m1/s1. The van der Waals surface area contributed by atoms with Crippen LogP contribution in [-0.2, 0) is 19.1 Å². The van der Waals surface area contributed by atoms with Crippen molar-refractivity contribution in [2.24, 2.45) is 5.92 Å². The number of carbonyl (C=O) groups excluding carboxylic acids is 3. The van der Waals surface area contributed by atoms with Gasteiger partial charge in [0.25, 0.3) is 0 Å². The molecule has 1 aromatic heterocycles. The first-order valence-electron chi connectivity index (χ1n) is 16.5. The van der Waals surface area contributed by atoms with Crippen molar-refractivity contribution in [2.45, 2.75) is 69.2 Å². The lowest BCUT2D eigenvalue weighted by atomic mass is 10.1. The van der Waals surface area contributed by atoms with Gasteiger partial charge in [-0.2, -0.15) is 0 Å². The number of nitrogens with one attached hydrogen (secondary N) is 2. The van der Waals surface area contributed by atoms with Gasteiger partial charge in [-0.05, 0) is 37.0 Å². The van der Waals surface area contributed by atoms with Gasteiger partial charge in [0.2, 0.25) is 11.8 Å². The second-order valence-corrected chi connectivity index (χ2v) is 12.6. The van der Waals surface area contributed by atoms with Crippen LogP contribution in [0.1, 0.15) is 51.0 Å². The monoisotopic (exact) mass is 652 g/mol. The molecule has 1 saturated carbocycles. The van der Waals surface area contributed by atoms with Crippen molar-refractivity contribution in [3.05, 3.63) is 78.9 Å². The number of ether oxygens (including phenoxy) is 2. The maximum atomic E-state index is 14.2. The molecule has 0 spiro atoms. The number of carboxylic acids is 1. The van der Waals surface area contributed by atoms with E-state index in [-0.39, 0.29) is 26.0 Å². The zero-order valence-corrected chi connectivity index (χ0v) is 26.9. The Morgan fingerprint density at radius 3 is 2.73 bits per heavy atom. The summed E-state index contributed by atoms with van der Waals surface area (Å²) in [5.74, 6) is -2.08. The van der Waals surface area contributed by atoms with Crippen LogP contribution in [0.15, 0.2) is 73.3 Å². The highest BCUT2D eigenvalue weighted by Gasteiger charge is 2.61. The van der Waals surface area contributed by atoms with Crippen molar-refractivity contribution < 1.29 is 33.8 Å². The summed E-state index contributed by atoms with van der Waals surface area (Å²) in [6.07, 6.45) is 6.59. The molecule has 3 amide bonds. The van der Waals surface area contributed by atoms with Crippen molar-refractivity contribution in [1.82, 2.24) is 20.5 Å². The van der Waals surface area contributed by atoms with Crippen LogP contribution < -0.4 is 15.4 Å². The normalized spacial score (nSPS) is 26.1. The smallest absolute Gasteiger partial charge is 0.407 e. The van der Waals surface area contributed by atoms with Gasteiger partial charge >= 0.3 is 12.1 Å². The number of carbonyl (C=O) groups is 4. The quantitative estimate of drug-likeness (QED) is 0.285. The fourth-order valence-electron chi connectivity index (χ4n) is 6.53. The molecule has 11 heteroatoms. The van der Waals surface area contributed by atoms with Gasteiger partial charge in [0.1, 0.15) is 29.5 Å². The van der Waals surface area contributed by atoms with Gasteiger partial charge in [-0.3, -0.25) is 9.59 Å². The third-order valence-corrected chi connectivity index (χ3v) is 9.30. The van der Waals surface area contributed by atoms with Gasteiger partial charge in [0.15, 0.2) is 0 Å². The van der Waals surface area contributed by atoms with Crippen LogP contribution in [0.25, 0.3) is 28.2 Å². The number of fused-ring (bicyclic) bond motifs is 3. The topological polar surface area (TPSA) is 147 Å². The highest BCUT2D eigenvalue weighted by Crippen LogP contribution is 2.45. The summed E-state index contributed by atoms with van der Waals surface area (Å²) in [4.78, 5) is 59.4. The van der Waals surface area contributed by atoms with Crippen LogP contribution in [0.2, 0.25) is 0 Å². The van der Waals surface area contributed by atoms with Crippen LogP contribution in [0, 0.1) is 5.92 Å². The number of aromatic nitrogens is 1. The van der Waals surface area contributed by atoms with Crippen LogP contribution in [0.3, 0.4) is 0 Å². The number of rotatable bonds is 8. The molecule has 250 valence electrons. The molecule has 2 aromatic carbocycles. The van der Waals surface area contributed by atoms with Gasteiger partial charge in [-0.1, -0.05) is 74.4 Å². The molecular formula is C37H40N4O7. The van der Waals surface area contributed by atoms with Crippen molar-refractivity contribution in [3.8, 4) is 17.0 Å². The van der Waals surface area contributed by atoms with Crippen molar-refractivity contribution in [1.29, 1.82) is 0 Å². The van der Waals surface area contributed by atoms with Crippen molar-refractivity contribution in [3.63, 3.8) is 0 Å². The molecule has 3 N–H and O–H groups in total. The molecule has 5 atom stereocenters. The summed E-state index contributed by atoms with van der Waals surface area (Å²) in [5.41, 5.74) is 1.75. The summed E-state index contributed by atoms with van der Waals surface area (Å²) in [6.45, 7) is 5.85. The number of aliphatic carboxylic acids is 1. The van der Waals surface area contributed by atoms with E-state index in [1.165, 1.54) is 11.0 Å². The lowest BCUT2D eigenvalue weighted by Gasteiger charge is -2.29. The number of alkyl carbamates (subject to hydrolysis) is 1. The Morgan fingerprint density at radius 1 is 1.19 bits per heavy atom. The molecule has 3 aliphatic rings. The Morgan fingerprint density at radius 2 is 2.00 bits per heavy atom. The molecule has 2 aliphatic heterocycles. The lowest BCUT2D eigenvalue weighted by Crippen LogP contribution is -2.56. The molecule has 1 aliphatic carbocycles. The lowest BCUT2D eigenvalue weighted by molar-refractivity contribution is -0.145. The number of amides is 3. The Kier molecular flexibility index (Phi) is 9.47. The highest BCUT2D eigenvalue weighted by molar-refractivity contribution is 5.96. The number of pyridine rings is 1. The third-order valence-electron chi connectivity index (χ3n) is 9.30. The molecule has 3 heterocycles. The Labute approximate surface area is 279 Å². The number of nitrogens with zero attached hydrogens (tertiary/aromatic N) is 2. The molecule has 2 fully saturated rings. The summed E-state index contributed by atoms with van der Waals surface area (Å²) < 4.78 is 12.1. The second kappa shape index (κ2) is 13.9. The number of hydrogen-bond donors (Lipinski definition) is 3. The molecule has 6 rings (SSSR count). The number of cyclic esters (lactones) is 1. The van der Waals surface area contributed by atoms with Gasteiger partial charge in [0.05, 0.1) is 24.4 Å². The molecule has 0 radical (unpaired) electrons. The summed E-state index contributed by atoms with van der Waals surface area (Å²) in [7, 11) is 0. The summed E-state index contributed by atoms with van der Waals surface area (Å²) in [5, 5.41) is 16.2. The third kappa shape index (κ3) is 6.76. The molecule has 48 heavy (non-hydrogen) atoms. The summed E-state index contributed by atoms with van der Waals surface area (Å²) >= 11 is 0. The highest BCUT2D eigenvalue weighted by atomic mass is 16.5. The van der Waals surface area contributed by atoms with Crippen LogP contribution in [-0.4, -0.2) is 75.7 Å². The SMILES string of the molecule is C=C[C@@H]1C[C@]1(NC(=O)[C@@H]1C[C@@H]2CN1C(=O)[C@H](CCCC)NC(=O)OCC/C=C/c1ccc3nc(-c4ccccc4)cc(c3c1)O2)C(=O)O. The van der Waals surface area contributed by atoms with Gasteiger partial charge in [-0.15, -0.1) is 6.58 Å². The maximum absolute atomic E-state index is 14.2. The van der Waals surface area contributed by atoms with E-state index in [9.17, 15) is 24.3 Å². The van der Waals surface area contributed by atoms with Crippen molar-refractivity contribution >= 4 is 40.9 Å². The molecular weight excluding hydrogens is 612 g/mol. The molecule has 0 unspecified atom stereocenters. The van der Waals surface area contributed by atoms with E-state index in [1.807, 2.05) is 73.7 Å². The Hall–Kier alpha value is -5.19. The average molecular weight is 653 g/mol. The summed E-state index contributed by atoms with van der Waals surface area (Å²) in [6, 6.07) is 15.5. The number of benzene rings is 2. The Bertz CT molecular complexity index is 1760. The first-order chi connectivity index (χ1) is 23.2. The van der Waals surface area contributed by atoms with Crippen LogP contribution >= 0.6 is 0 Å². The van der Waals surface area contributed by atoms with Gasteiger partial charge in [-0.25, -0.2) is 14.6 Å². The van der Waals surface area contributed by atoms with E-state index in [2.05, 4.69) is 17.2 Å². The first kappa shape index (κ1) is 32.7. The maximum Gasteiger partial charge on any atom is 0.407 e. The van der Waals surface area contributed by atoms with E-state index < -0.39 is 53.5 Å². The van der Waals surface area contributed by atoms with Crippen molar-refractivity contribution in [2.75, 3.05) is 13.2 Å². The number of hydrogen-bond acceptors (Lipinski definition) is 7. The minimum Gasteiger partial charge on any atom is -0.488 e. The molecule has 3 aromatic rings. The zero-order valence-electron chi connectivity index (χ0n) is 26.9. The first-order valence-corrected chi connectivity index (χ1v) is 16.5. The minimum absolute atomic E-state index is 0.0469. The van der Waals surface area contributed by atoms with E-state index in [0.29, 0.717) is 36.2 Å². The number of carboxylic acid groups (broad SMARTS) is 1. The predicted molar refractivity (Wildman–Crippen MR) is 180 cm³/mol. The van der Waals surface area contributed by atoms with E-state index in [1.54, 1.807) is 0 Å². The van der Waals surface area contributed by atoms with Crippen LogP contribution in [0.5, 0.6) is 5.75 Å². The fraction of sp³-hybridized carbons (Fsp3) is 0.378. The van der Waals surface area contributed by atoms with E-state index >= 15 is 0 Å².